The van der Waals surface area contributed by atoms with Crippen LogP contribution in [0.3, 0.4) is 0 Å². The first-order valence-electron chi connectivity index (χ1n) is 6.80. The van der Waals surface area contributed by atoms with Crippen molar-refractivity contribution in [3.63, 3.8) is 0 Å². The van der Waals surface area contributed by atoms with Crippen molar-refractivity contribution in [1.29, 1.82) is 0 Å². The summed E-state index contributed by atoms with van der Waals surface area (Å²) in [5.74, 6) is -0.945. The van der Waals surface area contributed by atoms with Gasteiger partial charge in [-0.1, -0.05) is 0 Å². The zero-order valence-electron chi connectivity index (χ0n) is 11.6. The van der Waals surface area contributed by atoms with Gasteiger partial charge >= 0.3 is 5.97 Å². The van der Waals surface area contributed by atoms with Crippen LogP contribution in [0.25, 0.3) is 0 Å². The highest BCUT2D eigenvalue weighted by Crippen LogP contribution is 2.22. The van der Waals surface area contributed by atoms with Gasteiger partial charge in [0.15, 0.2) is 0 Å². The van der Waals surface area contributed by atoms with Crippen molar-refractivity contribution in [2.24, 2.45) is 0 Å². The Bertz CT molecular complexity index is 483. The maximum absolute atomic E-state index is 12.6. The predicted octanol–water partition coefficient (Wildman–Crippen LogP) is 1.21. The second-order valence-corrected chi connectivity index (χ2v) is 4.97. The van der Waals surface area contributed by atoms with Gasteiger partial charge in [-0.3, -0.25) is 9.59 Å². The van der Waals surface area contributed by atoms with E-state index < -0.39 is 5.97 Å². The average molecular weight is 280 g/mol. The molecule has 6 heteroatoms. The minimum Gasteiger partial charge on any atom is -0.481 e. The monoisotopic (exact) mass is 280 g/mol. The van der Waals surface area contributed by atoms with Gasteiger partial charge in [0.1, 0.15) is 5.69 Å². The standard InChI is InChI=1S/C14H20N2O4/c1-20-9-8-15-6-3-5-12(15)14(19)16-7-2-4-11(16)10-13(17)18/h3,5-6,11H,2,4,7-10H2,1H3,(H,17,18). The zero-order chi connectivity index (χ0) is 14.5. The van der Waals surface area contributed by atoms with E-state index in [1.54, 1.807) is 18.1 Å². The highest BCUT2D eigenvalue weighted by molar-refractivity contribution is 5.93. The minimum absolute atomic E-state index is 0.0184. The molecular weight excluding hydrogens is 260 g/mol. The molecule has 1 N–H and O–H groups in total. The fourth-order valence-electron chi connectivity index (χ4n) is 2.66. The maximum atomic E-state index is 12.6. The summed E-state index contributed by atoms with van der Waals surface area (Å²) < 4.78 is 6.87. The van der Waals surface area contributed by atoms with Gasteiger partial charge in [-0.15, -0.1) is 0 Å². The van der Waals surface area contributed by atoms with Crippen LogP contribution in [-0.4, -0.2) is 52.8 Å². The summed E-state index contributed by atoms with van der Waals surface area (Å²) in [6.07, 6.45) is 3.48. The minimum atomic E-state index is -0.857. The first-order chi connectivity index (χ1) is 9.63. The van der Waals surface area contributed by atoms with Gasteiger partial charge in [0.2, 0.25) is 0 Å². The third kappa shape index (κ3) is 3.19. The average Bonchev–Trinajstić information content (AvgIpc) is 3.03. The normalized spacial score (nSPS) is 18.4. The number of amides is 1. The van der Waals surface area contributed by atoms with Gasteiger partial charge in [0.25, 0.3) is 5.91 Å². The molecule has 1 aromatic rings. The van der Waals surface area contributed by atoms with Crippen LogP contribution >= 0.6 is 0 Å². The third-order valence-electron chi connectivity index (χ3n) is 3.63. The van der Waals surface area contributed by atoms with E-state index in [0.717, 1.165) is 12.8 Å². The number of hydrogen-bond donors (Lipinski definition) is 1. The first-order valence-corrected chi connectivity index (χ1v) is 6.80. The van der Waals surface area contributed by atoms with E-state index in [-0.39, 0.29) is 18.4 Å². The zero-order valence-corrected chi connectivity index (χ0v) is 11.6. The van der Waals surface area contributed by atoms with Crippen LogP contribution in [0, 0.1) is 0 Å². The number of aromatic nitrogens is 1. The molecule has 1 saturated heterocycles. The fraction of sp³-hybridized carbons (Fsp3) is 0.571. The van der Waals surface area contributed by atoms with Crippen LogP contribution in [0.1, 0.15) is 29.8 Å². The van der Waals surface area contributed by atoms with Crippen molar-refractivity contribution in [3.05, 3.63) is 24.0 Å². The number of aliphatic carboxylic acids is 1. The Morgan fingerprint density at radius 1 is 1.50 bits per heavy atom. The lowest BCUT2D eigenvalue weighted by molar-refractivity contribution is -0.137. The van der Waals surface area contributed by atoms with Gasteiger partial charge < -0.3 is 19.3 Å². The highest BCUT2D eigenvalue weighted by Gasteiger charge is 2.31. The molecule has 6 nitrogen and oxygen atoms in total. The van der Waals surface area contributed by atoms with Gasteiger partial charge in [-0.2, -0.15) is 0 Å². The first kappa shape index (κ1) is 14.6. The molecule has 1 atom stereocenters. The van der Waals surface area contributed by atoms with E-state index in [1.807, 2.05) is 16.8 Å². The second kappa shape index (κ2) is 6.56. The lowest BCUT2D eigenvalue weighted by atomic mass is 10.1. The Morgan fingerprint density at radius 2 is 2.30 bits per heavy atom. The number of likely N-dealkylation sites (tertiary alicyclic amines) is 1. The van der Waals surface area contributed by atoms with E-state index in [2.05, 4.69) is 0 Å². The molecule has 2 rings (SSSR count). The maximum Gasteiger partial charge on any atom is 0.305 e. The summed E-state index contributed by atoms with van der Waals surface area (Å²) in [7, 11) is 1.62. The quantitative estimate of drug-likeness (QED) is 0.850. The van der Waals surface area contributed by atoms with Crippen LogP contribution in [0.4, 0.5) is 0 Å². The number of carboxylic acids is 1. The number of carbonyl (C=O) groups is 2. The molecule has 0 aromatic carbocycles. The Morgan fingerprint density at radius 3 is 3.00 bits per heavy atom. The summed E-state index contributed by atoms with van der Waals surface area (Å²) in [6.45, 7) is 1.78. The van der Waals surface area contributed by atoms with Crippen LogP contribution in [0.5, 0.6) is 0 Å². The van der Waals surface area contributed by atoms with Crippen LogP contribution in [0.15, 0.2) is 18.3 Å². The molecule has 0 saturated carbocycles. The van der Waals surface area contributed by atoms with Gasteiger partial charge in [-0.25, -0.2) is 0 Å². The Kier molecular flexibility index (Phi) is 4.79. The predicted molar refractivity (Wildman–Crippen MR) is 72.6 cm³/mol. The van der Waals surface area contributed by atoms with E-state index in [0.29, 0.717) is 25.4 Å². The second-order valence-electron chi connectivity index (χ2n) is 4.97. The Hall–Kier alpha value is -1.82. The van der Waals surface area contributed by atoms with Crippen molar-refractivity contribution < 1.29 is 19.4 Å². The Labute approximate surface area is 117 Å². The van der Waals surface area contributed by atoms with Crippen molar-refractivity contribution >= 4 is 11.9 Å². The van der Waals surface area contributed by atoms with E-state index >= 15 is 0 Å². The molecule has 0 bridgehead atoms. The number of ether oxygens (including phenoxy) is 1. The molecule has 1 aromatic heterocycles. The number of hydrogen-bond acceptors (Lipinski definition) is 3. The third-order valence-corrected chi connectivity index (χ3v) is 3.63. The van der Waals surface area contributed by atoms with Crippen molar-refractivity contribution in [3.8, 4) is 0 Å². The highest BCUT2D eigenvalue weighted by atomic mass is 16.5. The van der Waals surface area contributed by atoms with Crippen LogP contribution < -0.4 is 0 Å². The number of carbonyl (C=O) groups excluding carboxylic acids is 1. The van der Waals surface area contributed by atoms with Crippen molar-refractivity contribution in [2.75, 3.05) is 20.3 Å². The number of methoxy groups -OCH3 is 1. The van der Waals surface area contributed by atoms with E-state index in [9.17, 15) is 9.59 Å². The van der Waals surface area contributed by atoms with Crippen molar-refractivity contribution in [2.45, 2.75) is 31.8 Å². The fourth-order valence-corrected chi connectivity index (χ4v) is 2.66. The molecule has 1 amide bonds. The Balaban J connectivity index is 2.10. The lowest BCUT2D eigenvalue weighted by Gasteiger charge is -2.24. The number of nitrogens with zero attached hydrogens (tertiary/aromatic N) is 2. The molecular formula is C14H20N2O4. The molecule has 1 fully saturated rings. The summed E-state index contributed by atoms with van der Waals surface area (Å²) in [5, 5.41) is 8.92. The molecule has 0 spiro atoms. The van der Waals surface area contributed by atoms with Crippen LogP contribution in [-0.2, 0) is 16.1 Å². The molecule has 1 aliphatic heterocycles. The summed E-state index contributed by atoms with van der Waals surface area (Å²) >= 11 is 0. The van der Waals surface area contributed by atoms with Gasteiger partial charge in [0, 0.05) is 32.4 Å². The molecule has 110 valence electrons. The summed E-state index contributed by atoms with van der Waals surface area (Å²) in [6, 6.07) is 3.41. The molecule has 1 unspecified atom stereocenters. The van der Waals surface area contributed by atoms with Crippen LogP contribution in [0.2, 0.25) is 0 Å². The molecule has 0 aliphatic carbocycles. The number of rotatable bonds is 6. The lowest BCUT2D eigenvalue weighted by Crippen LogP contribution is -2.38. The summed E-state index contributed by atoms with van der Waals surface area (Å²) in [4.78, 5) is 25.1. The SMILES string of the molecule is COCCn1cccc1C(=O)N1CCCC1CC(=O)O. The van der Waals surface area contributed by atoms with Gasteiger partial charge in [0.05, 0.1) is 13.0 Å². The molecule has 1 aliphatic rings. The molecule has 2 heterocycles. The smallest absolute Gasteiger partial charge is 0.305 e. The molecule has 20 heavy (non-hydrogen) atoms. The van der Waals surface area contributed by atoms with Crippen molar-refractivity contribution in [1.82, 2.24) is 9.47 Å². The van der Waals surface area contributed by atoms with E-state index in [1.165, 1.54) is 0 Å². The number of carboxylic acid groups (broad SMARTS) is 1. The largest absolute Gasteiger partial charge is 0.481 e. The van der Waals surface area contributed by atoms with E-state index in [4.69, 9.17) is 9.84 Å². The topological polar surface area (TPSA) is 71.8 Å². The molecule has 0 radical (unpaired) electrons. The van der Waals surface area contributed by atoms with Gasteiger partial charge in [-0.05, 0) is 25.0 Å². The summed E-state index contributed by atoms with van der Waals surface area (Å²) in [5.41, 5.74) is 0.597.